The van der Waals surface area contributed by atoms with Gasteiger partial charge in [-0.1, -0.05) is 42.5 Å². The number of carbonyl (C=O) groups is 1. The molecule has 4 rings (SSSR count). The molecule has 1 fully saturated rings. The number of nitrogens with zero attached hydrogens (tertiary/aromatic N) is 3. The largest absolute Gasteiger partial charge is 0.477 e. The first kappa shape index (κ1) is 20.6. The number of aromatic nitrogens is 2. The van der Waals surface area contributed by atoms with E-state index in [2.05, 4.69) is 51.3 Å². The summed E-state index contributed by atoms with van der Waals surface area (Å²) in [6, 6.07) is 17.9. The minimum atomic E-state index is -0.999. The van der Waals surface area contributed by atoms with Gasteiger partial charge < -0.3 is 20.6 Å². The van der Waals surface area contributed by atoms with E-state index in [0.29, 0.717) is 12.1 Å². The van der Waals surface area contributed by atoms with Gasteiger partial charge in [0.05, 0.1) is 6.20 Å². The highest BCUT2D eigenvalue weighted by atomic mass is 16.4. The molecule has 1 saturated heterocycles. The van der Waals surface area contributed by atoms with Gasteiger partial charge in [0.15, 0.2) is 5.69 Å². The smallest absolute Gasteiger partial charge is 0.354 e. The molecule has 0 spiro atoms. The second-order valence-electron chi connectivity index (χ2n) is 6.99. The summed E-state index contributed by atoms with van der Waals surface area (Å²) < 4.78 is 0. The van der Waals surface area contributed by atoms with Crippen molar-refractivity contribution in [3.05, 3.63) is 72.1 Å². The molecule has 29 heavy (non-hydrogen) atoms. The zero-order valence-corrected chi connectivity index (χ0v) is 16.6. The number of nitrogens with one attached hydrogen (secondary N) is 1. The van der Waals surface area contributed by atoms with Crippen molar-refractivity contribution >= 4 is 11.7 Å². The Labute approximate surface area is 170 Å². The van der Waals surface area contributed by atoms with Gasteiger partial charge in [-0.25, -0.2) is 4.79 Å². The van der Waals surface area contributed by atoms with Gasteiger partial charge in [-0.05, 0) is 30.3 Å². The average molecular weight is 393 g/mol. The Kier molecular flexibility index (Phi) is 6.99. The SMILES string of the molecule is CN1CCN(c2ccc(CN)cc2)CC1.O=C(O)c1[nH]ncc1-c1ccccc1. The lowest BCUT2D eigenvalue weighted by Gasteiger charge is -2.34. The molecule has 1 aliphatic rings. The second-order valence-corrected chi connectivity index (χ2v) is 6.99. The Hall–Kier alpha value is -3.16. The molecular formula is C22H27N5O2. The maximum Gasteiger partial charge on any atom is 0.354 e. The molecule has 0 radical (unpaired) electrons. The zero-order valence-electron chi connectivity index (χ0n) is 16.6. The molecule has 4 N–H and O–H groups in total. The second kappa shape index (κ2) is 9.86. The van der Waals surface area contributed by atoms with Gasteiger partial charge in [-0.2, -0.15) is 5.10 Å². The molecule has 0 unspecified atom stereocenters. The highest BCUT2D eigenvalue weighted by Gasteiger charge is 2.14. The standard InChI is InChI=1S/C12H19N3.C10H8N2O2/c1-14-6-8-15(9-7-14)12-4-2-11(10-13)3-5-12;13-10(14)9-8(6-11-12-9)7-4-2-1-3-5-7/h2-5H,6-10,13H2,1H3;1-6H,(H,11,12)(H,13,14). The summed E-state index contributed by atoms with van der Waals surface area (Å²) in [5.74, 6) is -0.999. The van der Waals surface area contributed by atoms with Crippen LogP contribution >= 0.6 is 0 Å². The van der Waals surface area contributed by atoms with E-state index >= 15 is 0 Å². The van der Waals surface area contributed by atoms with Gasteiger partial charge in [0.1, 0.15) is 0 Å². The third-order valence-corrected chi connectivity index (χ3v) is 4.98. The van der Waals surface area contributed by atoms with Crippen molar-refractivity contribution in [1.82, 2.24) is 15.1 Å². The quantitative estimate of drug-likeness (QED) is 0.630. The molecule has 152 valence electrons. The number of aromatic carboxylic acids is 1. The van der Waals surface area contributed by atoms with Crippen LogP contribution in [0.2, 0.25) is 0 Å². The van der Waals surface area contributed by atoms with E-state index in [1.807, 2.05) is 30.3 Å². The van der Waals surface area contributed by atoms with Crippen molar-refractivity contribution in [2.24, 2.45) is 5.73 Å². The van der Waals surface area contributed by atoms with Crippen LogP contribution in [0.15, 0.2) is 60.8 Å². The molecule has 3 aromatic rings. The number of hydrogen-bond donors (Lipinski definition) is 3. The monoisotopic (exact) mass is 393 g/mol. The number of anilines is 1. The Bertz CT molecular complexity index is 900. The summed E-state index contributed by atoms with van der Waals surface area (Å²) in [5.41, 5.74) is 9.67. The Morgan fingerprint density at radius 2 is 1.72 bits per heavy atom. The van der Waals surface area contributed by atoms with Crippen molar-refractivity contribution < 1.29 is 9.90 Å². The summed E-state index contributed by atoms with van der Waals surface area (Å²) in [6.45, 7) is 5.18. The van der Waals surface area contributed by atoms with Crippen LogP contribution in [0.1, 0.15) is 16.1 Å². The predicted molar refractivity (Wildman–Crippen MR) is 115 cm³/mol. The van der Waals surface area contributed by atoms with E-state index in [4.69, 9.17) is 10.8 Å². The molecular weight excluding hydrogens is 366 g/mol. The third-order valence-electron chi connectivity index (χ3n) is 4.98. The van der Waals surface area contributed by atoms with Gasteiger partial charge in [-0.15, -0.1) is 0 Å². The molecule has 0 atom stereocenters. The minimum absolute atomic E-state index is 0.121. The average Bonchev–Trinajstić information content (AvgIpc) is 3.26. The van der Waals surface area contributed by atoms with Crippen LogP contribution < -0.4 is 10.6 Å². The van der Waals surface area contributed by atoms with Crippen molar-refractivity contribution in [3.8, 4) is 11.1 Å². The molecule has 2 aromatic carbocycles. The van der Waals surface area contributed by atoms with Gasteiger partial charge in [0.2, 0.25) is 0 Å². The first-order valence-electron chi connectivity index (χ1n) is 9.63. The maximum atomic E-state index is 10.8. The van der Waals surface area contributed by atoms with Crippen molar-refractivity contribution in [3.63, 3.8) is 0 Å². The topological polar surface area (TPSA) is 98.5 Å². The molecule has 2 heterocycles. The lowest BCUT2D eigenvalue weighted by Crippen LogP contribution is -2.44. The number of H-pyrrole nitrogens is 1. The first-order valence-corrected chi connectivity index (χ1v) is 9.63. The van der Waals surface area contributed by atoms with E-state index in [1.54, 1.807) is 0 Å². The van der Waals surface area contributed by atoms with Gasteiger partial charge in [0, 0.05) is 44.0 Å². The number of carboxylic acid groups (broad SMARTS) is 1. The number of hydrogen-bond acceptors (Lipinski definition) is 5. The van der Waals surface area contributed by atoms with Crippen LogP contribution in [0.3, 0.4) is 0 Å². The molecule has 7 nitrogen and oxygen atoms in total. The van der Waals surface area contributed by atoms with Crippen LogP contribution in [0.5, 0.6) is 0 Å². The minimum Gasteiger partial charge on any atom is -0.477 e. The number of benzene rings is 2. The number of rotatable bonds is 4. The van der Waals surface area contributed by atoms with Gasteiger partial charge >= 0.3 is 5.97 Å². The van der Waals surface area contributed by atoms with Crippen LogP contribution in [-0.4, -0.2) is 59.4 Å². The van der Waals surface area contributed by atoms with Crippen LogP contribution in [0.4, 0.5) is 5.69 Å². The highest BCUT2D eigenvalue weighted by Crippen LogP contribution is 2.21. The summed E-state index contributed by atoms with van der Waals surface area (Å²) in [4.78, 5) is 15.6. The van der Waals surface area contributed by atoms with Crippen molar-refractivity contribution in [1.29, 1.82) is 0 Å². The summed E-state index contributed by atoms with van der Waals surface area (Å²) >= 11 is 0. The number of likely N-dealkylation sites (N-methyl/N-ethyl adjacent to an activating group) is 1. The van der Waals surface area contributed by atoms with E-state index in [9.17, 15) is 4.79 Å². The summed E-state index contributed by atoms with van der Waals surface area (Å²) in [7, 11) is 2.18. The number of nitrogens with two attached hydrogens (primary N) is 1. The molecule has 0 bridgehead atoms. The fraction of sp³-hybridized carbons (Fsp3) is 0.273. The fourth-order valence-corrected chi connectivity index (χ4v) is 3.19. The highest BCUT2D eigenvalue weighted by molar-refractivity contribution is 5.93. The lowest BCUT2D eigenvalue weighted by molar-refractivity contribution is 0.0691. The van der Waals surface area contributed by atoms with Gasteiger partial charge in [0.25, 0.3) is 0 Å². The molecule has 0 aliphatic carbocycles. The summed E-state index contributed by atoms with van der Waals surface area (Å²) in [5, 5.41) is 15.0. The third kappa shape index (κ3) is 5.43. The Morgan fingerprint density at radius 3 is 2.31 bits per heavy atom. The van der Waals surface area contributed by atoms with Crippen molar-refractivity contribution in [2.75, 3.05) is 38.1 Å². The van der Waals surface area contributed by atoms with Crippen molar-refractivity contribution in [2.45, 2.75) is 6.54 Å². The number of piperazine rings is 1. The Morgan fingerprint density at radius 1 is 1.07 bits per heavy atom. The molecule has 0 saturated carbocycles. The Balaban J connectivity index is 0.000000166. The van der Waals surface area contributed by atoms with E-state index in [0.717, 1.165) is 31.7 Å². The molecule has 1 aliphatic heterocycles. The van der Waals surface area contributed by atoms with E-state index in [1.165, 1.54) is 17.4 Å². The predicted octanol–water partition coefficient (Wildman–Crippen LogP) is 2.67. The molecule has 1 aromatic heterocycles. The zero-order chi connectivity index (χ0) is 20.6. The molecule has 7 heteroatoms. The van der Waals surface area contributed by atoms with E-state index < -0.39 is 5.97 Å². The normalized spacial score (nSPS) is 14.2. The van der Waals surface area contributed by atoms with Gasteiger partial charge in [-0.3, -0.25) is 5.10 Å². The first-order chi connectivity index (χ1) is 14.1. The van der Waals surface area contributed by atoms with E-state index in [-0.39, 0.29) is 5.69 Å². The molecule has 0 amide bonds. The fourth-order valence-electron chi connectivity index (χ4n) is 3.19. The van der Waals surface area contributed by atoms with Crippen LogP contribution in [0, 0.1) is 0 Å². The summed E-state index contributed by atoms with van der Waals surface area (Å²) in [6.07, 6.45) is 1.51. The van der Waals surface area contributed by atoms with Crippen LogP contribution in [0.25, 0.3) is 11.1 Å². The number of aromatic amines is 1. The van der Waals surface area contributed by atoms with Crippen LogP contribution in [-0.2, 0) is 6.54 Å². The lowest BCUT2D eigenvalue weighted by atomic mass is 10.1. The maximum absolute atomic E-state index is 10.8. The number of carboxylic acids is 1.